The number of nitrogens with zero attached hydrogens (tertiary/aromatic N) is 2. The lowest BCUT2D eigenvalue weighted by molar-refractivity contribution is -0.385. The molecule has 3 rings (SSSR count). The van der Waals surface area contributed by atoms with Crippen molar-refractivity contribution in [3.8, 4) is 5.75 Å². The van der Waals surface area contributed by atoms with Crippen LogP contribution in [0.15, 0.2) is 34.8 Å². The van der Waals surface area contributed by atoms with E-state index in [0.717, 1.165) is 4.90 Å². The minimum atomic E-state index is -0.662. The first-order valence-corrected chi connectivity index (χ1v) is 8.43. The number of carbonyl (C=O) groups is 2. The van der Waals surface area contributed by atoms with E-state index in [1.807, 2.05) is 22.6 Å². The number of methoxy groups -OCH3 is 1. The number of ether oxygens (including phenoxy) is 1. The molecular weight excluding hydrogens is 495 g/mol. The molecule has 0 spiro atoms. The van der Waals surface area contributed by atoms with Crippen LogP contribution in [0.5, 0.6) is 5.75 Å². The largest absolute Gasteiger partial charge is 0.489 e. The Balaban J connectivity index is 2.30. The van der Waals surface area contributed by atoms with Gasteiger partial charge >= 0.3 is 5.69 Å². The summed E-state index contributed by atoms with van der Waals surface area (Å²) in [4.78, 5) is 37.1. The molecule has 7 nitrogen and oxygen atoms in total. The number of carbonyl (C=O) groups excluding carboxylic acids is 2. The van der Waals surface area contributed by atoms with E-state index in [2.05, 4.69) is 15.9 Å². The van der Waals surface area contributed by atoms with Gasteiger partial charge in [0.1, 0.15) is 5.69 Å². The Morgan fingerprint density at radius 2 is 1.75 bits per heavy atom. The smallest absolute Gasteiger partial charge is 0.337 e. The van der Waals surface area contributed by atoms with Crippen molar-refractivity contribution in [2.24, 2.45) is 0 Å². The molecule has 0 unspecified atom stereocenters. The normalized spacial score (nSPS) is 13.2. The van der Waals surface area contributed by atoms with E-state index in [4.69, 9.17) is 4.74 Å². The second-order valence-electron chi connectivity index (χ2n) is 4.82. The summed E-state index contributed by atoms with van der Waals surface area (Å²) >= 11 is 5.06. The van der Waals surface area contributed by atoms with Crippen molar-refractivity contribution in [3.63, 3.8) is 0 Å². The highest BCUT2D eigenvalue weighted by molar-refractivity contribution is 14.1. The van der Waals surface area contributed by atoms with Crippen molar-refractivity contribution in [2.45, 2.75) is 0 Å². The standard InChI is InChI=1S/C15H8BrIN2O5/c1-24-13-9(16)6-10(17)11(12(13)19(22)23)18-14(20)7-4-2-3-5-8(7)15(18)21/h2-6H,1H3. The molecule has 9 heteroatoms. The highest BCUT2D eigenvalue weighted by Crippen LogP contribution is 2.47. The summed E-state index contributed by atoms with van der Waals surface area (Å²) in [5.74, 6) is -1.24. The number of nitro benzene ring substituents is 1. The van der Waals surface area contributed by atoms with Crippen LogP contribution in [-0.2, 0) is 0 Å². The Bertz CT molecular complexity index is 880. The Kier molecular flexibility index (Phi) is 4.30. The SMILES string of the molecule is COc1c(Br)cc(I)c(N2C(=O)c3ccccc3C2=O)c1[N+](=O)[O-]. The van der Waals surface area contributed by atoms with E-state index < -0.39 is 22.4 Å². The second kappa shape index (κ2) is 6.13. The lowest BCUT2D eigenvalue weighted by Crippen LogP contribution is -2.31. The van der Waals surface area contributed by atoms with Crippen molar-refractivity contribution in [3.05, 3.63) is 59.6 Å². The predicted octanol–water partition coefficient (Wildman–Crippen LogP) is 3.77. The molecule has 0 bridgehead atoms. The number of hydrogen-bond donors (Lipinski definition) is 0. The molecule has 0 atom stereocenters. The first-order valence-electron chi connectivity index (χ1n) is 6.56. The van der Waals surface area contributed by atoms with Crippen LogP contribution >= 0.6 is 38.5 Å². The summed E-state index contributed by atoms with van der Waals surface area (Å²) < 4.78 is 5.84. The maximum atomic E-state index is 12.6. The molecule has 0 aliphatic carbocycles. The number of anilines is 1. The van der Waals surface area contributed by atoms with Gasteiger partial charge in [0.2, 0.25) is 5.75 Å². The molecular formula is C15H8BrIN2O5. The summed E-state index contributed by atoms with van der Waals surface area (Å²) in [6.45, 7) is 0. The van der Waals surface area contributed by atoms with Crippen LogP contribution in [0.1, 0.15) is 20.7 Å². The molecule has 0 aromatic heterocycles. The minimum Gasteiger partial charge on any atom is -0.489 e. The number of rotatable bonds is 3. The van der Waals surface area contributed by atoms with Crippen LogP contribution in [0, 0.1) is 13.7 Å². The van der Waals surface area contributed by atoms with Crippen molar-refractivity contribution < 1.29 is 19.2 Å². The number of amides is 2. The molecule has 1 aliphatic heterocycles. The van der Waals surface area contributed by atoms with Crippen molar-refractivity contribution in [1.82, 2.24) is 0 Å². The van der Waals surface area contributed by atoms with Gasteiger partial charge in [-0.15, -0.1) is 0 Å². The number of hydrogen-bond acceptors (Lipinski definition) is 5. The highest BCUT2D eigenvalue weighted by atomic mass is 127. The Morgan fingerprint density at radius 1 is 1.21 bits per heavy atom. The second-order valence-corrected chi connectivity index (χ2v) is 6.84. The lowest BCUT2D eigenvalue weighted by Gasteiger charge is -2.18. The van der Waals surface area contributed by atoms with E-state index in [9.17, 15) is 19.7 Å². The molecule has 122 valence electrons. The fourth-order valence-corrected chi connectivity index (χ4v) is 4.36. The van der Waals surface area contributed by atoms with Gasteiger partial charge in [0.15, 0.2) is 0 Å². The molecule has 1 aliphatic rings. The fourth-order valence-electron chi connectivity index (χ4n) is 2.55. The summed E-state index contributed by atoms with van der Waals surface area (Å²) in [5.41, 5.74) is -0.0957. The third-order valence-corrected chi connectivity index (χ3v) is 4.95. The van der Waals surface area contributed by atoms with E-state index in [1.54, 1.807) is 18.2 Å². The van der Waals surface area contributed by atoms with Crippen LogP contribution in [0.4, 0.5) is 11.4 Å². The molecule has 0 saturated heterocycles. The van der Waals surface area contributed by atoms with Crippen LogP contribution in [0.3, 0.4) is 0 Å². The van der Waals surface area contributed by atoms with E-state index in [0.29, 0.717) is 8.04 Å². The van der Waals surface area contributed by atoms with Gasteiger partial charge in [-0.05, 0) is 56.7 Å². The summed E-state index contributed by atoms with van der Waals surface area (Å²) in [5, 5.41) is 11.6. The Hall–Kier alpha value is -2.01. The fraction of sp³-hybridized carbons (Fsp3) is 0.0667. The topological polar surface area (TPSA) is 89.8 Å². The average molecular weight is 503 g/mol. The molecule has 0 fully saturated rings. The van der Waals surface area contributed by atoms with Crippen molar-refractivity contribution in [2.75, 3.05) is 12.0 Å². The summed E-state index contributed by atoms with van der Waals surface area (Å²) in [6, 6.07) is 7.87. The van der Waals surface area contributed by atoms with Crippen LogP contribution < -0.4 is 9.64 Å². The van der Waals surface area contributed by atoms with Crippen LogP contribution in [0.25, 0.3) is 0 Å². The number of fused-ring (bicyclic) bond motifs is 1. The summed E-state index contributed by atoms with van der Waals surface area (Å²) in [6.07, 6.45) is 0. The molecule has 24 heavy (non-hydrogen) atoms. The van der Waals surface area contributed by atoms with Crippen molar-refractivity contribution >= 4 is 61.7 Å². The first kappa shape index (κ1) is 16.8. The molecule has 0 N–H and O–H groups in total. The molecule has 2 aromatic carbocycles. The van der Waals surface area contributed by atoms with Gasteiger partial charge < -0.3 is 4.74 Å². The van der Waals surface area contributed by atoms with Crippen LogP contribution in [0.2, 0.25) is 0 Å². The van der Waals surface area contributed by atoms with E-state index >= 15 is 0 Å². The maximum absolute atomic E-state index is 12.6. The minimum absolute atomic E-state index is 0.0491. The Labute approximate surface area is 158 Å². The number of benzene rings is 2. The number of imide groups is 1. The molecule has 2 amide bonds. The zero-order valence-corrected chi connectivity index (χ0v) is 15.8. The third kappa shape index (κ3) is 2.38. The first-order chi connectivity index (χ1) is 11.4. The maximum Gasteiger partial charge on any atom is 0.337 e. The summed E-state index contributed by atoms with van der Waals surface area (Å²) in [7, 11) is 1.28. The zero-order chi connectivity index (χ0) is 17.6. The van der Waals surface area contributed by atoms with Gasteiger partial charge in [0, 0.05) is 3.57 Å². The highest BCUT2D eigenvalue weighted by Gasteiger charge is 2.42. The monoisotopic (exact) mass is 502 g/mol. The average Bonchev–Trinajstić information content (AvgIpc) is 2.79. The van der Waals surface area contributed by atoms with E-state index in [1.165, 1.54) is 19.2 Å². The molecule has 0 saturated carbocycles. The molecule has 0 radical (unpaired) electrons. The number of nitro groups is 1. The van der Waals surface area contributed by atoms with Gasteiger partial charge in [-0.2, -0.15) is 0 Å². The van der Waals surface area contributed by atoms with Crippen molar-refractivity contribution in [1.29, 1.82) is 0 Å². The third-order valence-electron chi connectivity index (χ3n) is 3.54. The van der Waals surface area contributed by atoms with Gasteiger partial charge in [-0.3, -0.25) is 19.7 Å². The molecule has 2 aromatic rings. The van der Waals surface area contributed by atoms with Gasteiger partial charge in [-0.25, -0.2) is 4.90 Å². The molecule has 1 heterocycles. The van der Waals surface area contributed by atoms with Gasteiger partial charge in [0.25, 0.3) is 11.8 Å². The van der Waals surface area contributed by atoms with E-state index in [-0.39, 0.29) is 22.6 Å². The number of halogens is 2. The van der Waals surface area contributed by atoms with Gasteiger partial charge in [0.05, 0.1) is 27.6 Å². The Morgan fingerprint density at radius 3 is 2.21 bits per heavy atom. The quantitative estimate of drug-likeness (QED) is 0.276. The predicted molar refractivity (Wildman–Crippen MR) is 97.6 cm³/mol. The lowest BCUT2D eigenvalue weighted by atomic mass is 10.1. The zero-order valence-electron chi connectivity index (χ0n) is 12.1. The van der Waals surface area contributed by atoms with Gasteiger partial charge in [-0.1, -0.05) is 12.1 Å². The van der Waals surface area contributed by atoms with Crippen LogP contribution in [-0.4, -0.2) is 23.8 Å².